The lowest BCUT2D eigenvalue weighted by Gasteiger charge is -2.11. The van der Waals surface area contributed by atoms with Gasteiger partial charge in [-0.05, 0) is 41.2 Å². The smallest absolute Gasteiger partial charge is 0.0181 e. The molecule has 0 N–H and O–H groups in total. The molecule has 1 heteroatoms. The third-order valence-corrected chi connectivity index (χ3v) is 2.58. The van der Waals surface area contributed by atoms with Crippen molar-refractivity contribution in [3.63, 3.8) is 0 Å². The summed E-state index contributed by atoms with van der Waals surface area (Å²) in [6.45, 7) is 8.79. The maximum absolute atomic E-state index is 3.53. The minimum atomic E-state index is 0.551. The van der Waals surface area contributed by atoms with E-state index in [0.29, 0.717) is 11.8 Å². The SMILES string of the molecule is CC(C)c1[c]c(C(C)C)cc(Br)c1. The average molecular weight is 240 g/mol. The lowest BCUT2D eigenvalue weighted by molar-refractivity contribution is 0.829. The van der Waals surface area contributed by atoms with Crippen LogP contribution in [0.2, 0.25) is 0 Å². The Balaban J connectivity index is 3.11. The van der Waals surface area contributed by atoms with Crippen LogP contribution in [0.3, 0.4) is 0 Å². The maximum Gasteiger partial charge on any atom is 0.0181 e. The summed E-state index contributed by atoms with van der Waals surface area (Å²) in [5, 5.41) is 0. The fraction of sp³-hybridized carbons (Fsp3) is 0.500. The van der Waals surface area contributed by atoms with Crippen molar-refractivity contribution in [3.05, 3.63) is 33.8 Å². The molecule has 13 heavy (non-hydrogen) atoms. The molecule has 0 aliphatic rings. The van der Waals surface area contributed by atoms with E-state index in [1.807, 2.05) is 0 Å². The first-order chi connectivity index (χ1) is 6.00. The summed E-state index contributed by atoms with van der Waals surface area (Å²) < 4.78 is 1.17. The van der Waals surface area contributed by atoms with Crippen molar-refractivity contribution in [1.82, 2.24) is 0 Å². The van der Waals surface area contributed by atoms with Gasteiger partial charge in [-0.3, -0.25) is 0 Å². The lowest BCUT2D eigenvalue weighted by Crippen LogP contribution is -1.93. The average Bonchev–Trinajstić information content (AvgIpc) is 2.03. The molecule has 1 rings (SSSR count). The van der Waals surface area contributed by atoms with E-state index < -0.39 is 0 Å². The highest BCUT2D eigenvalue weighted by Crippen LogP contribution is 2.25. The first-order valence-corrected chi connectivity index (χ1v) is 5.52. The molecule has 1 aromatic rings. The molecule has 0 aromatic heterocycles. The van der Waals surface area contributed by atoms with Crippen molar-refractivity contribution in [2.75, 3.05) is 0 Å². The zero-order chi connectivity index (χ0) is 10.0. The van der Waals surface area contributed by atoms with Crippen LogP contribution in [0.25, 0.3) is 0 Å². The molecule has 0 spiro atoms. The molecule has 1 radical (unpaired) electrons. The molecule has 0 saturated carbocycles. The van der Waals surface area contributed by atoms with E-state index in [-0.39, 0.29) is 0 Å². The zero-order valence-corrected chi connectivity index (χ0v) is 10.3. The number of halogens is 1. The molecule has 1 aromatic carbocycles. The van der Waals surface area contributed by atoms with Crippen LogP contribution in [-0.2, 0) is 0 Å². The van der Waals surface area contributed by atoms with E-state index in [2.05, 4.69) is 61.8 Å². The summed E-state index contributed by atoms with van der Waals surface area (Å²) in [6.07, 6.45) is 0. The quantitative estimate of drug-likeness (QED) is 0.714. The third kappa shape index (κ3) is 2.84. The summed E-state index contributed by atoms with van der Waals surface area (Å²) in [4.78, 5) is 0. The number of rotatable bonds is 2. The van der Waals surface area contributed by atoms with Crippen molar-refractivity contribution < 1.29 is 0 Å². The standard InChI is InChI=1S/C12H16Br/c1-8(2)10-5-11(9(3)4)7-12(13)6-10/h6-9H,1-4H3. The van der Waals surface area contributed by atoms with Crippen LogP contribution in [0.5, 0.6) is 0 Å². The monoisotopic (exact) mass is 239 g/mol. The topological polar surface area (TPSA) is 0 Å². The Labute approximate surface area is 89.5 Å². The second-order valence-corrected chi connectivity index (χ2v) is 4.93. The van der Waals surface area contributed by atoms with Crippen molar-refractivity contribution >= 4 is 15.9 Å². The largest absolute Gasteiger partial charge is 0.0587 e. The van der Waals surface area contributed by atoms with Crippen LogP contribution >= 0.6 is 15.9 Å². The van der Waals surface area contributed by atoms with Gasteiger partial charge in [-0.25, -0.2) is 0 Å². The Morgan fingerprint density at radius 1 is 1.00 bits per heavy atom. The molecule has 0 nitrogen and oxygen atoms in total. The van der Waals surface area contributed by atoms with E-state index in [0.717, 1.165) is 0 Å². The fourth-order valence-corrected chi connectivity index (χ4v) is 1.69. The van der Waals surface area contributed by atoms with Crippen molar-refractivity contribution in [2.45, 2.75) is 39.5 Å². The maximum atomic E-state index is 3.53. The first kappa shape index (κ1) is 10.8. The molecule has 0 aliphatic carbocycles. The Kier molecular flexibility index (Phi) is 3.55. The molecule has 0 amide bonds. The van der Waals surface area contributed by atoms with Crippen molar-refractivity contribution in [3.8, 4) is 0 Å². The number of benzene rings is 1. The Morgan fingerprint density at radius 2 is 1.38 bits per heavy atom. The summed E-state index contributed by atoms with van der Waals surface area (Å²) in [5.74, 6) is 1.10. The van der Waals surface area contributed by atoms with Gasteiger partial charge in [0.1, 0.15) is 0 Å². The van der Waals surface area contributed by atoms with Crippen molar-refractivity contribution in [2.24, 2.45) is 0 Å². The summed E-state index contributed by atoms with van der Waals surface area (Å²) in [5.41, 5.74) is 2.58. The molecule has 0 saturated heterocycles. The highest BCUT2D eigenvalue weighted by Gasteiger charge is 2.06. The molecule has 0 aliphatic heterocycles. The van der Waals surface area contributed by atoms with Gasteiger partial charge in [0.25, 0.3) is 0 Å². The third-order valence-electron chi connectivity index (χ3n) is 2.12. The lowest BCUT2D eigenvalue weighted by atomic mass is 9.96. The van der Waals surface area contributed by atoms with Crippen LogP contribution < -0.4 is 0 Å². The fourth-order valence-electron chi connectivity index (χ4n) is 1.20. The normalized spacial score (nSPS) is 11.3. The predicted octanol–water partition coefficient (Wildman–Crippen LogP) is 4.50. The Hall–Kier alpha value is -0.300. The predicted molar refractivity (Wildman–Crippen MR) is 61.2 cm³/mol. The van der Waals surface area contributed by atoms with Gasteiger partial charge in [0.2, 0.25) is 0 Å². The van der Waals surface area contributed by atoms with E-state index in [4.69, 9.17) is 0 Å². The van der Waals surface area contributed by atoms with E-state index in [9.17, 15) is 0 Å². The summed E-state index contributed by atoms with van der Waals surface area (Å²) in [6, 6.07) is 7.75. The minimum Gasteiger partial charge on any atom is -0.0587 e. The molecule has 0 unspecified atom stereocenters. The molecular weight excluding hydrogens is 224 g/mol. The van der Waals surface area contributed by atoms with Gasteiger partial charge in [0.05, 0.1) is 0 Å². The zero-order valence-electron chi connectivity index (χ0n) is 8.69. The van der Waals surface area contributed by atoms with Gasteiger partial charge >= 0.3 is 0 Å². The van der Waals surface area contributed by atoms with Crippen LogP contribution in [-0.4, -0.2) is 0 Å². The molecule has 0 fully saturated rings. The van der Waals surface area contributed by atoms with E-state index in [1.54, 1.807) is 0 Å². The summed E-state index contributed by atoms with van der Waals surface area (Å²) in [7, 11) is 0. The highest BCUT2D eigenvalue weighted by molar-refractivity contribution is 9.10. The Morgan fingerprint density at radius 3 is 1.69 bits per heavy atom. The van der Waals surface area contributed by atoms with E-state index in [1.165, 1.54) is 15.6 Å². The number of hydrogen-bond donors (Lipinski definition) is 0. The second kappa shape index (κ2) is 4.28. The van der Waals surface area contributed by atoms with E-state index >= 15 is 0 Å². The van der Waals surface area contributed by atoms with Gasteiger partial charge in [0.15, 0.2) is 0 Å². The molecule has 0 heterocycles. The van der Waals surface area contributed by atoms with Gasteiger partial charge < -0.3 is 0 Å². The van der Waals surface area contributed by atoms with Crippen molar-refractivity contribution in [1.29, 1.82) is 0 Å². The van der Waals surface area contributed by atoms with Crippen LogP contribution in [0.1, 0.15) is 50.7 Å². The first-order valence-electron chi connectivity index (χ1n) is 4.73. The molecule has 0 bridgehead atoms. The second-order valence-electron chi connectivity index (χ2n) is 4.02. The number of hydrogen-bond acceptors (Lipinski definition) is 0. The summed E-state index contributed by atoms with van der Waals surface area (Å²) >= 11 is 3.53. The van der Waals surface area contributed by atoms with Gasteiger partial charge in [-0.2, -0.15) is 0 Å². The van der Waals surface area contributed by atoms with Crippen LogP contribution in [0, 0.1) is 6.07 Å². The van der Waals surface area contributed by atoms with Gasteiger partial charge in [-0.1, -0.05) is 43.6 Å². The van der Waals surface area contributed by atoms with Gasteiger partial charge in [-0.15, -0.1) is 0 Å². The molecule has 71 valence electrons. The Bertz CT molecular complexity index is 261. The molecular formula is C12H16Br. The highest BCUT2D eigenvalue weighted by atomic mass is 79.9. The van der Waals surface area contributed by atoms with Crippen LogP contribution in [0.15, 0.2) is 16.6 Å². The minimum absolute atomic E-state index is 0.551. The van der Waals surface area contributed by atoms with Crippen LogP contribution in [0.4, 0.5) is 0 Å². The molecule has 0 atom stereocenters. The van der Waals surface area contributed by atoms with Gasteiger partial charge in [0, 0.05) is 4.47 Å².